The quantitative estimate of drug-likeness (QED) is 0.831. The van der Waals surface area contributed by atoms with E-state index in [1.165, 1.54) is 0 Å². The Labute approximate surface area is 132 Å². The Kier molecular flexibility index (Phi) is 5.98. The number of halogens is 4. The molecule has 0 fully saturated rings. The van der Waals surface area contributed by atoms with Gasteiger partial charge >= 0.3 is 12.2 Å². The van der Waals surface area contributed by atoms with Gasteiger partial charge in [0.15, 0.2) is 6.10 Å². The van der Waals surface area contributed by atoms with E-state index in [1.807, 2.05) is 0 Å². The van der Waals surface area contributed by atoms with E-state index >= 15 is 0 Å². The molecule has 8 heteroatoms. The second-order valence-electron chi connectivity index (χ2n) is 5.58. The molecular formula is C15H20F4N2O2. The molecule has 0 radical (unpaired) electrons. The van der Waals surface area contributed by atoms with Gasteiger partial charge in [0.25, 0.3) is 0 Å². The Balaban J connectivity index is 2.73. The molecule has 0 saturated heterocycles. The van der Waals surface area contributed by atoms with Gasteiger partial charge in [-0.3, -0.25) is 0 Å². The maximum atomic E-state index is 13.6. The Morgan fingerprint density at radius 1 is 1.30 bits per heavy atom. The van der Waals surface area contributed by atoms with E-state index < -0.39 is 30.9 Å². The van der Waals surface area contributed by atoms with E-state index in [0.29, 0.717) is 16.7 Å². The van der Waals surface area contributed by atoms with Crippen molar-refractivity contribution in [3.8, 4) is 0 Å². The monoisotopic (exact) mass is 336 g/mol. The van der Waals surface area contributed by atoms with E-state index in [-0.39, 0.29) is 5.82 Å². The van der Waals surface area contributed by atoms with Crippen molar-refractivity contribution in [1.82, 2.24) is 10.2 Å². The van der Waals surface area contributed by atoms with Gasteiger partial charge in [0.05, 0.1) is 12.6 Å². The van der Waals surface area contributed by atoms with E-state index in [2.05, 4.69) is 5.32 Å². The third-order valence-corrected chi connectivity index (χ3v) is 3.47. The van der Waals surface area contributed by atoms with Gasteiger partial charge in [-0.25, -0.2) is 9.18 Å². The zero-order valence-electron chi connectivity index (χ0n) is 13.3. The number of carbonyl (C=O) groups is 1. The molecule has 23 heavy (non-hydrogen) atoms. The molecule has 0 spiro atoms. The molecule has 0 aliphatic carbocycles. The second kappa shape index (κ2) is 7.16. The summed E-state index contributed by atoms with van der Waals surface area (Å²) in [6, 6.07) is 1.85. The first kappa shape index (κ1) is 19.2. The van der Waals surface area contributed by atoms with Gasteiger partial charge in [-0.1, -0.05) is 12.1 Å². The smallest absolute Gasteiger partial charge is 0.382 e. The number of alkyl halides is 3. The third-order valence-electron chi connectivity index (χ3n) is 3.47. The van der Waals surface area contributed by atoms with E-state index in [0.717, 1.165) is 11.9 Å². The number of carbonyl (C=O) groups excluding carboxylic acids is 1. The van der Waals surface area contributed by atoms with Crippen molar-refractivity contribution in [1.29, 1.82) is 0 Å². The SMILES string of the molecule is Cc1cc([C@H](C)NC(=O)N(C)C[C@@H](O)C(F)(F)F)cc(C)c1F. The molecule has 2 amide bonds. The van der Waals surface area contributed by atoms with Crippen LogP contribution in [-0.4, -0.2) is 41.9 Å². The summed E-state index contributed by atoms with van der Waals surface area (Å²) in [5.74, 6) is -0.335. The summed E-state index contributed by atoms with van der Waals surface area (Å²) in [5, 5.41) is 11.5. The average Bonchev–Trinajstić information content (AvgIpc) is 2.42. The molecule has 2 atom stereocenters. The molecule has 0 aliphatic heterocycles. The van der Waals surface area contributed by atoms with Crippen LogP contribution in [0.5, 0.6) is 0 Å². The molecule has 2 N–H and O–H groups in total. The maximum Gasteiger partial charge on any atom is 0.416 e. The molecule has 1 aromatic carbocycles. The van der Waals surface area contributed by atoms with Crippen molar-refractivity contribution < 1.29 is 27.5 Å². The predicted octanol–water partition coefficient (Wildman–Crippen LogP) is 3.07. The molecular weight excluding hydrogens is 316 g/mol. The number of nitrogens with zero attached hydrogens (tertiary/aromatic N) is 1. The van der Waals surface area contributed by atoms with Crippen LogP contribution >= 0.6 is 0 Å². The van der Waals surface area contributed by atoms with Gasteiger partial charge in [0.1, 0.15) is 5.82 Å². The van der Waals surface area contributed by atoms with Crippen molar-refractivity contribution >= 4 is 6.03 Å². The second-order valence-corrected chi connectivity index (χ2v) is 5.58. The van der Waals surface area contributed by atoms with Gasteiger partial charge in [-0.15, -0.1) is 0 Å². The van der Waals surface area contributed by atoms with E-state index in [4.69, 9.17) is 5.11 Å². The zero-order valence-corrected chi connectivity index (χ0v) is 13.3. The van der Waals surface area contributed by atoms with Gasteiger partial charge in [-0.2, -0.15) is 13.2 Å². The van der Waals surface area contributed by atoms with Crippen molar-refractivity contribution in [2.24, 2.45) is 0 Å². The maximum absolute atomic E-state index is 13.6. The van der Waals surface area contributed by atoms with Crippen LogP contribution in [0.4, 0.5) is 22.4 Å². The first-order chi connectivity index (χ1) is 10.4. The molecule has 1 aromatic rings. The highest BCUT2D eigenvalue weighted by Gasteiger charge is 2.39. The summed E-state index contributed by atoms with van der Waals surface area (Å²) in [7, 11) is 1.15. The Bertz CT molecular complexity index is 552. The van der Waals surface area contributed by atoms with Crippen molar-refractivity contribution in [2.45, 2.75) is 39.1 Å². The molecule has 0 heterocycles. The van der Waals surface area contributed by atoms with Crippen molar-refractivity contribution in [3.05, 3.63) is 34.6 Å². The number of hydrogen-bond donors (Lipinski definition) is 2. The Morgan fingerprint density at radius 3 is 2.22 bits per heavy atom. The summed E-state index contributed by atoms with van der Waals surface area (Å²) in [6.07, 6.45) is -7.39. The fourth-order valence-corrected chi connectivity index (χ4v) is 2.05. The lowest BCUT2D eigenvalue weighted by atomic mass is 10.0. The normalized spacial score (nSPS) is 14.3. The molecule has 130 valence electrons. The lowest BCUT2D eigenvalue weighted by molar-refractivity contribution is -0.205. The topological polar surface area (TPSA) is 52.6 Å². The summed E-state index contributed by atoms with van der Waals surface area (Å²) in [4.78, 5) is 12.6. The van der Waals surface area contributed by atoms with Crippen LogP contribution in [0, 0.1) is 19.7 Å². The van der Waals surface area contributed by atoms with Crippen LogP contribution in [0.1, 0.15) is 29.7 Å². The van der Waals surface area contributed by atoms with E-state index in [9.17, 15) is 22.4 Å². The standard InChI is InChI=1S/C15H20F4N2O2/c1-8-5-11(6-9(2)13(8)16)10(3)20-14(23)21(4)7-12(22)15(17,18)19/h5-6,10,12,22H,7H2,1-4H3,(H,20,23)/t10-,12+/m0/s1. The van der Waals surface area contributed by atoms with Crippen molar-refractivity contribution in [3.63, 3.8) is 0 Å². The lowest BCUT2D eigenvalue weighted by Gasteiger charge is -2.25. The molecule has 0 saturated carbocycles. The highest BCUT2D eigenvalue weighted by Crippen LogP contribution is 2.22. The number of aliphatic hydroxyl groups excluding tert-OH is 1. The third kappa shape index (κ3) is 5.09. The van der Waals surface area contributed by atoms with Crippen molar-refractivity contribution in [2.75, 3.05) is 13.6 Å². The first-order valence-electron chi connectivity index (χ1n) is 6.96. The minimum Gasteiger partial charge on any atom is -0.382 e. The number of aliphatic hydroxyl groups is 1. The first-order valence-corrected chi connectivity index (χ1v) is 6.96. The van der Waals surface area contributed by atoms with Crippen LogP contribution in [0.3, 0.4) is 0 Å². The minimum absolute atomic E-state index is 0.335. The summed E-state index contributed by atoms with van der Waals surface area (Å²) in [6.45, 7) is 3.94. The summed E-state index contributed by atoms with van der Waals surface area (Å²) in [5.41, 5.74) is 1.48. The number of nitrogens with one attached hydrogen (secondary N) is 1. The molecule has 1 rings (SSSR count). The molecule has 0 bridgehead atoms. The van der Waals surface area contributed by atoms with Gasteiger partial charge in [-0.05, 0) is 37.5 Å². The fourth-order valence-electron chi connectivity index (χ4n) is 2.05. The molecule has 0 aromatic heterocycles. The molecule has 4 nitrogen and oxygen atoms in total. The lowest BCUT2D eigenvalue weighted by Crippen LogP contribution is -2.46. The van der Waals surface area contributed by atoms with Gasteiger partial charge in [0, 0.05) is 7.05 Å². The predicted molar refractivity (Wildman–Crippen MR) is 77.5 cm³/mol. The van der Waals surface area contributed by atoms with Crippen LogP contribution < -0.4 is 5.32 Å². The largest absolute Gasteiger partial charge is 0.416 e. The highest BCUT2D eigenvalue weighted by molar-refractivity contribution is 5.74. The average molecular weight is 336 g/mol. The van der Waals surface area contributed by atoms with Crippen LogP contribution in [0.25, 0.3) is 0 Å². The van der Waals surface area contributed by atoms with Crippen LogP contribution in [0.15, 0.2) is 12.1 Å². The number of urea groups is 1. The number of rotatable bonds is 4. The fraction of sp³-hybridized carbons (Fsp3) is 0.533. The summed E-state index contributed by atoms with van der Waals surface area (Å²) >= 11 is 0. The number of likely N-dealkylation sites (N-methyl/N-ethyl adjacent to an activating group) is 1. The number of aryl methyl sites for hydroxylation is 2. The van der Waals surface area contributed by atoms with E-state index in [1.54, 1.807) is 32.9 Å². The van der Waals surface area contributed by atoms with Gasteiger partial charge in [0.2, 0.25) is 0 Å². The molecule has 0 aliphatic rings. The number of benzene rings is 1. The van der Waals surface area contributed by atoms with Crippen LogP contribution in [-0.2, 0) is 0 Å². The zero-order chi connectivity index (χ0) is 17.9. The minimum atomic E-state index is -4.79. The van der Waals surface area contributed by atoms with Crippen LogP contribution in [0.2, 0.25) is 0 Å². The number of amides is 2. The Morgan fingerprint density at radius 2 is 1.78 bits per heavy atom. The number of hydrogen-bond acceptors (Lipinski definition) is 2. The molecule has 0 unspecified atom stereocenters. The Hall–Kier alpha value is -1.83. The van der Waals surface area contributed by atoms with Gasteiger partial charge < -0.3 is 15.3 Å². The highest BCUT2D eigenvalue weighted by atomic mass is 19.4. The summed E-state index contributed by atoms with van der Waals surface area (Å²) < 4.78 is 50.4.